The van der Waals surface area contributed by atoms with Crippen molar-refractivity contribution in [1.29, 1.82) is 0 Å². The number of nitrogens with two attached hydrogens (primary N) is 1. The number of nitrogens with zero attached hydrogens (tertiary/aromatic N) is 1. The van der Waals surface area contributed by atoms with E-state index >= 15 is 0 Å². The second-order valence-electron chi connectivity index (χ2n) is 4.80. The quantitative estimate of drug-likeness (QED) is 0.909. The molecule has 1 saturated carbocycles. The van der Waals surface area contributed by atoms with Crippen molar-refractivity contribution in [3.05, 3.63) is 34.3 Å². The lowest BCUT2D eigenvalue weighted by Gasteiger charge is -2.25. The highest BCUT2D eigenvalue weighted by Gasteiger charge is 2.34. The summed E-state index contributed by atoms with van der Waals surface area (Å²) in [6, 6.07) is 8.05. The van der Waals surface area contributed by atoms with Crippen LogP contribution < -0.4 is 5.73 Å². The van der Waals surface area contributed by atoms with E-state index in [0.29, 0.717) is 19.0 Å². The van der Waals surface area contributed by atoms with Crippen molar-refractivity contribution < 1.29 is 4.79 Å². The van der Waals surface area contributed by atoms with E-state index in [1.54, 1.807) is 0 Å². The van der Waals surface area contributed by atoms with Crippen LogP contribution in [-0.4, -0.2) is 22.9 Å². The van der Waals surface area contributed by atoms with Crippen LogP contribution >= 0.6 is 15.9 Å². The Morgan fingerprint density at radius 2 is 2.17 bits per heavy atom. The minimum Gasteiger partial charge on any atom is -0.334 e. The molecule has 0 aliphatic heterocycles. The molecule has 0 heterocycles. The van der Waals surface area contributed by atoms with E-state index in [4.69, 9.17) is 5.73 Å². The second kappa shape index (κ2) is 5.85. The van der Waals surface area contributed by atoms with Crippen LogP contribution in [0.1, 0.15) is 31.7 Å². The van der Waals surface area contributed by atoms with Gasteiger partial charge in [-0.25, -0.2) is 0 Å². The van der Waals surface area contributed by atoms with Crippen molar-refractivity contribution in [1.82, 2.24) is 4.90 Å². The predicted octanol–water partition coefficient (Wildman–Crippen LogP) is 2.68. The monoisotopic (exact) mass is 310 g/mol. The molecule has 18 heavy (non-hydrogen) atoms. The summed E-state index contributed by atoms with van der Waals surface area (Å²) < 4.78 is 1.05. The molecule has 2 N–H and O–H groups in total. The van der Waals surface area contributed by atoms with E-state index in [-0.39, 0.29) is 11.9 Å². The number of hydrogen-bond donors (Lipinski definition) is 1. The molecular weight excluding hydrogens is 292 g/mol. The van der Waals surface area contributed by atoms with Crippen molar-refractivity contribution in [3.63, 3.8) is 0 Å². The Morgan fingerprint density at radius 3 is 2.72 bits per heavy atom. The number of carbonyl (C=O) groups is 1. The van der Waals surface area contributed by atoms with Crippen LogP contribution in [-0.2, 0) is 11.3 Å². The Hall–Kier alpha value is -0.870. The van der Waals surface area contributed by atoms with E-state index in [0.717, 1.165) is 22.9 Å². The fraction of sp³-hybridized carbons (Fsp3) is 0.500. The third-order valence-electron chi connectivity index (χ3n) is 3.33. The summed E-state index contributed by atoms with van der Waals surface area (Å²) in [5.41, 5.74) is 7.01. The van der Waals surface area contributed by atoms with Gasteiger partial charge in [0.15, 0.2) is 0 Å². The van der Waals surface area contributed by atoms with Crippen LogP contribution in [0.4, 0.5) is 0 Å². The molecule has 3 nitrogen and oxygen atoms in total. The molecule has 98 valence electrons. The zero-order chi connectivity index (χ0) is 13.1. The lowest BCUT2D eigenvalue weighted by Crippen LogP contribution is -2.44. The number of hydrogen-bond acceptors (Lipinski definition) is 2. The molecule has 0 bridgehead atoms. The molecule has 1 aliphatic rings. The zero-order valence-electron chi connectivity index (χ0n) is 10.6. The van der Waals surface area contributed by atoms with E-state index in [1.807, 2.05) is 36.1 Å². The first-order valence-corrected chi connectivity index (χ1v) is 7.22. The summed E-state index contributed by atoms with van der Waals surface area (Å²) in [5, 5.41) is 0. The van der Waals surface area contributed by atoms with Gasteiger partial charge in [-0.3, -0.25) is 4.79 Å². The molecule has 1 amide bonds. The minimum atomic E-state index is -0.368. The van der Waals surface area contributed by atoms with Gasteiger partial charge in [0.1, 0.15) is 0 Å². The SMILES string of the molecule is CC[C@@H](N)C(=O)N(Cc1ccccc1Br)C1CC1. The topological polar surface area (TPSA) is 46.3 Å². The largest absolute Gasteiger partial charge is 0.334 e. The van der Waals surface area contributed by atoms with E-state index in [1.165, 1.54) is 0 Å². The Kier molecular flexibility index (Phi) is 4.40. The highest BCUT2D eigenvalue weighted by molar-refractivity contribution is 9.10. The van der Waals surface area contributed by atoms with Crippen LogP contribution in [0.3, 0.4) is 0 Å². The molecule has 0 radical (unpaired) electrons. The van der Waals surface area contributed by atoms with Gasteiger partial charge in [0.25, 0.3) is 0 Å². The van der Waals surface area contributed by atoms with Crippen molar-refractivity contribution >= 4 is 21.8 Å². The van der Waals surface area contributed by atoms with Crippen LogP contribution in [0.5, 0.6) is 0 Å². The molecule has 1 atom stereocenters. The molecule has 1 fully saturated rings. The van der Waals surface area contributed by atoms with Crippen molar-refractivity contribution in [2.24, 2.45) is 5.73 Å². The third kappa shape index (κ3) is 3.12. The van der Waals surface area contributed by atoms with Gasteiger partial charge in [-0.1, -0.05) is 41.1 Å². The molecule has 1 aliphatic carbocycles. The molecule has 4 heteroatoms. The molecule has 0 unspecified atom stereocenters. The Balaban J connectivity index is 2.12. The van der Waals surface area contributed by atoms with Gasteiger partial charge in [0, 0.05) is 17.1 Å². The van der Waals surface area contributed by atoms with Gasteiger partial charge in [-0.15, -0.1) is 0 Å². The Morgan fingerprint density at radius 1 is 1.50 bits per heavy atom. The zero-order valence-corrected chi connectivity index (χ0v) is 12.2. The van der Waals surface area contributed by atoms with Crippen molar-refractivity contribution in [2.45, 2.75) is 44.8 Å². The maximum absolute atomic E-state index is 12.3. The summed E-state index contributed by atoms with van der Waals surface area (Å²) in [5.74, 6) is 0.0794. The fourth-order valence-electron chi connectivity index (χ4n) is 1.97. The van der Waals surface area contributed by atoms with Crippen LogP contribution in [0.25, 0.3) is 0 Å². The summed E-state index contributed by atoms with van der Waals surface area (Å²) >= 11 is 3.53. The first-order valence-electron chi connectivity index (χ1n) is 6.43. The number of amides is 1. The standard InChI is InChI=1S/C14H19BrN2O/c1-2-13(16)14(18)17(11-7-8-11)9-10-5-3-4-6-12(10)15/h3-6,11,13H,2,7-9,16H2,1H3/t13-/m1/s1. The van der Waals surface area contributed by atoms with Crippen LogP contribution in [0.2, 0.25) is 0 Å². The average molecular weight is 311 g/mol. The second-order valence-corrected chi connectivity index (χ2v) is 5.66. The van der Waals surface area contributed by atoms with Crippen LogP contribution in [0, 0.1) is 0 Å². The summed E-state index contributed by atoms with van der Waals surface area (Å²) in [6.07, 6.45) is 2.90. The van der Waals surface area contributed by atoms with E-state index in [9.17, 15) is 4.79 Å². The third-order valence-corrected chi connectivity index (χ3v) is 4.10. The maximum Gasteiger partial charge on any atom is 0.240 e. The predicted molar refractivity (Wildman–Crippen MR) is 76.0 cm³/mol. The van der Waals surface area contributed by atoms with Crippen molar-refractivity contribution in [2.75, 3.05) is 0 Å². The molecule has 2 rings (SSSR count). The molecule has 1 aromatic rings. The normalized spacial score (nSPS) is 16.4. The number of halogens is 1. The Labute approximate surface area is 116 Å². The lowest BCUT2D eigenvalue weighted by atomic mass is 10.1. The fourth-order valence-corrected chi connectivity index (χ4v) is 2.38. The Bertz CT molecular complexity index is 432. The number of carbonyl (C=O) groups excluding carboxylic acids is 1. The van der Waals surface area contributed by atoms with Gasteiger partial charge in [0.05, 0.1) is 6.04 Å². The highest BCUT2D eigenvalue weighted by atomic mass is 79.9. The van der Waals surface area contributed by atoms with Crippen molar-refractivity contribution in [3.8, 4) is 0 Å². The van der Waals surface area contributed by atoms with Gasteiger partial charge in [0.2, 0.25) is 5.91 Å². The van der Waals surface area contributed by atoms with Gasteiger partial charge < -0.3 is 10.6 Å². The minimum absolute atomic E-state index is 0.0794. The summed E-state index contributed by atoms with van der Waals surface area (Å²) in [7, 11) is 0. The highest BCUT2D eigenvalue weighted by Crippen LogP contribution is 2.30. The number of rotatable bonds is 5. The molecular formula is C14H19BrN2O. The first kappa shape index (κ1) is 13.6. The summed E-state index contributed by atoms with van der Waals surface area (Å²) in [4.78, 5) is 14.2. The first-order chi connectivity index (χ1) is 8.63. The smallest absolute Gasteiger partial charge is 0.240 e. The molecule has 0 spiro atoms. The van der Waals surface area contributed by atoms with Gasteiger partial charge in [-0.05, 0) is 30.9 Å². The number of benzene rings is 1. The van der Waals surface area contributed by atoms with E-state index < -0.39 is 0 Å². The van der Waals surface area contributed by atoms with Gasteiger partial charge >= 0.3 is 0 Å². The van der Waals surface area contributed by atoms with Gasteiger partial charge in [-0.2, -0.15) is 0 Å². The molecule has 0 saturated heterocycles. The molecule has 0 aromatic heterocycles. The molecule has 1 aromatic carbocycles. The van der Waals surface area contributed by atoms with E-state index in [2.05, 4.69) is 15.9 Å². The average Bonchev–Trinajstić information content (AvgIpc) is 3.20. The maximum atomic E-state index is 12.3. The lowest BCUT2D eigenvalue weighted by molar-refractivity contribution is -0.133. The van der Waals surface area contributed by atoms with Crippen LogP contribution in [0.15, 0.2) is 28.7 Å². The summed E-state index contributed by atoms with van der Waals surface area (Å²) in [6.45, 7) is 2.60.